The summed E-state index contributed by atoms with van der Waals surface area (Å²) in [4.78, 5) is 36.2. The van der Waals surface area contributed by atoms with Crippen LogP contribution in [-0.2, 0) is 22.7 Å². The topological polar surface area (TPSA) is 144 Å². The average molecular weight is 656 g/mol. The van der Waals surface area contributed by atoms with Crippen LogP contribution in [0, 0.1) is 17.1 Å². The molecule has 1 fully saturated rings. The van der Waals surface area contributed by atoms with E-state index in [0.29, 0.717) is 61.0 Å². The van der Waals surface area contributed by atoms with Crippen LogP contribution in [0.25, 0.3) is 0 Å². The van der Waals surface area contributed by atoms with Gasteiger partial charge >= 0.3 is 5.97 Å². The number of piperidine rings is 1. The van der Waals surface area contributed by atoms with E-state index < -0.39 is 11.8 Å². The van der Waals surface area contributed by atoms with Crippen LogP contribution in [0.3, 0.4) is 0 Å². The summed E-state index contributed by atoms with van der Waals surface area (Å²) in [5, 5.41) is 15.2. The number of hydrogen-bond acceptors (Lipinski definition) is 10. The summed E-state index contributed by atoms with van der Waals surface area (Å²) in [5.41, 5.74) is 3.27. The predicted molar refractivity (Wildman–Crippen MR) is 176 cm³/mol. The summed E-state index contributed by atoms with van der Waals surface area (Å²) in [7, 11) is 1.33. The van der Waals surface area contributed by atoms with Crippen molar-refractivity contribution >= 4 is 23.3 Å². The molecule has 2 N–H and O–H groups in total. The lowest BCUT2D eigenvalue weighted by atomic mass is 10.1. The van der Waals surface area contributed by atoms with Crippen molar-refractivity contribution in [1.82, 2.24) is 19.4 Å². The molecule has 0 spiro atoms. The normalized spacial score (nSPS) is 13.5. The van der Waals surface area contributed by atoms with E-state index in [0.717, 1.165) is 11.8 Å². The molecular weight excluding hydrogens is 617 g/mol. The number of nitrogens with one attached hydrogen (secondary N) is 2. The van der Waals surface area contributed by atoms with E-state index in [9.17, 15) is 14.0 Å². The van der Waals surface area contributed by atoms with Gasteiger partial charge < -0.3 is 29.4 Å². The second kappa shape index (κ2) is 15.9. The van der Waals surface area contributed by atoms with Crippen molar-refractivity contribution in [3.63, 3.8) is 0 Å². The number of likely N-dealkylation sites (tertiary alicyclic amines) is 1. The maximum Gasteiger partial charge on any atom is 0.337 e. The van der Waals surface area contributed by atoms with Crippen LogP contribution in [0.5, 0.6) is 11.6 Å². The molecule has 0 saturated carbocycles. The highest BCUT2D eigenvalue weighted by Gasteiger charge is 2.23. The molecule has 13 heteroatoms. The molecular formula is C35H38FN7O5. The van der Waals surface area contributed by atoms with Crippen LogP contribution < -0.4 is 20.1 Å². The quantitative estimate of drug-likeness (QED) is 0.182. The fourth-order valence-corrected chi connectivity index (χ4v) is 5.36. The lowest BCUT2D eigenvalue weighted by molar-refractivity contribution is -0.117. The molecule has 0 aliphatic carbocycles. The van der Waals surface area contributed by atoms with E-state index in [-0.39, 0.29) is 42.5 Å². The van der Waals surface area contributed by atoms with Gasteiger partial charge in [-0.3, -0.25) is 9.69 Å². The van der Waals surface area contributed by atoms with E-state index >= 15 is 0 Å². The van der Waals surface area contributed by atoms with Crippen LogP contribution in [0.1, 0.15) is 60.0 Å². The number of carbonyl (C=O) groups is 2. The highest BCUT2D eigenvalue weighted by Crippen LogP contribution is 2.26. The Morgan fingerprint density at radius 1 is 1.10 bits per heavy atom. The van der Waals surface area contributed by atoms with Gasteiger partial charge in [-0.1, -0.05) is 6.07 Å². The number of esters is 1. The Balaban J connectivity index is 1.12. The molecule has 12 nitrogen and oxygen atoms in total. The largest absolute Gasteiger partial charge is 0.484 e. The second-order valence-electron chi connectivity index (χ2n) is 11.6. The van der Waals surface area contributed by atoms with E-state index in [4.69, 9.17) is 19.5 Å². The number of anilines is 2. The first-order valence-electron chi connectivity index (χ1n) is 15.7. The highest BCUT2D eigenvalue weighted by atomic mass is 19.1. The van der Waals surface area contributed by atoms with Gasteiger partial charge in [0.2, 0.25) is 11.8 Å². The third kappa shape index (κ3) is 8.86. The van der Waals surface area contributed by atoms with Gasteiger partial charge in [0.25, 0.3) is 0 Å². The number of imidazole rings is 1. The van der Waals surface area contributed by atoms with Gasteiger partial charge in [-0.2, -0.15) is 5.26 Å². The van der Waals surface area contributed by atoms with Crippen LogP contribution in [-0.4, -0.2) is 64.2 Å². The highest BCUT2D eigenvalue weighted by molar-refractivity contribution is 5.98. The van der Waals surface area contributed by atoms with Crippen LogP contribution >= 0.6 is 0 Å². The molecule has 1 amide bonds. The molecule has 2 aromatic carbocycles. The zero-order chi connectivity index (χ0) is 34.0. The Morgan fingerprint density at radius 3 is 2.65 bits per heavy atom. The average Bonchev–Trinajstić information content (AvgIpc) is 3.57. The van der Waals surface area contributed by atoms with Gasteiger partial charge in [-0.15, -0.1) is 0 Å². The molecule has 0 unspecified atom stereocenters. The molecule has 3 heterocycles. The van der Waals surface area contributed by atoms with Crippen molar-refractivity contribution in [3.05, 3.63) is 95.5 Å². The Morgan fingerprint density at radius 2 is 1.92 bits per heavy atom. The van der Waals surface area contributed by atoms with Crippen molar-refractivity contribution in [3.8, 4) is 17.7 Å². The third-order valence-electron chi connectivity index (χ3n) is 7.88. The number of aromatic nitrogens is 3. The van der Waals surface area contributed by atoms with Gasteiger partial charge in [0, 0.05) is 31.4 Å². The standard InChI is InChI=1S/C35H38FN7O5/c1-23(2)43-22-38-18-27(43)19-39-31-16-25(35(45)46-3)8-9-30(31)41-33(44)20-42-13-11-28(12-14-42)48-34-6-4-5-26(40-34)21-47-32-10-7-24(17-37)15-29(32)36/h4-10,15-16,18,22-23,28,39H,11-14,19-21H2,1-3H3,(H,41,44). The summed E-state index contributed by atoms with van der Waals surface area (Å²) in [6.07, 6.45) is 4.89. The zero-order valence-electron chi connectivity index (χ0n) is 27.1. The first-order chi connectivity index (χ1) is 23.2. The SMILES string of the molecule is COC(=O)c1ccc(NC(=O)CN2CCC(Oc3cccc(COc4ccc(C#N)cc4F)n3)CC2)c(NCc2cncn2C(C)C)c1. The number of nitrogens with zero attached hydrogens (tertiary/aromatic N) is 5. The Bertz CT molecular complexity index is 1780. The fraction of sp³-hybridized carbons (Fsp3) is 0.343. The summed E-state index contributed by atoms with van der Waals surface area (Å²) >= 11 is 0. The molecule has 5 rings (SSSR count). The molecule has 1 aliphatic heterocycles. The van der Waals surface area contributed by atoms with Crippen LogP contribution in [0.15, 0.2) is 67.1 Å². The number of nitriles is 1. The summed E-state index contributed by atoms with van der Waals surface area (Å²) in [6, 6.07) is 16.5. The molecule has 1 aliphatic rings. The lowest BCUT2D eigenvalue weighted by Crippen LogP contribution is -2.42. The monoisotopic (exact) mass is 655 g/mol. The van der Waals surface area contributed by atoms with Crippen molar-refractivity contribution < 1.29 is 28.2 Å². The molecule has 250 valence electrons. The number of rotatable bonds is 13. The van der Waals surface area contributed by atoms with Crippen molar-refractivity contribution in [2.75, 3.05) is 37.4 Å². The number of pyridine rings is 1. The lowest BCUT2D eigenvalue weighted by Gasteiger charge is -2.31. The number of amides is 1. The number of halogens is 1. The number of benzene rings is 2. The van der Waals surface area contributed by atoms with E-state index in [1.54, 1.807) is 48.9 Å². The minimum atomic E-state index is -0.610. The Kier molecular flexibility index (Phi) is 11.2. The molecule has 0 radical (unpaired) electrons. The fourth-order valence-electron chi connectivity index (χ4n) is 5.36. The molecule has 48 heavy (non-hydrogen) atoms. The molecule has 0 bridgehead atoms. The smallest absolute Gasteiger partial charge is 0.337 e. The maximum atomic E-state index is 14.2. The van der Waals surface area contributed by atoms with Crippen molar-refractivity contribution in [2.45, 2.75) is 52.0 Å². The summed E-state index contributed by atoms with van der Waals surface area (Å²) in [5.74, 6) is -0.773. The van der Waals surface area contributed by atoms with Gasteiger partial charge in [-0.05, 0) is 69.2 Å². The van der Waals surface area contributed by atoms with Gasteiger partial charge in [0.1, 0.15) is 12.7 Å². The van der Waals surface area contributed by atoms with Crippen LogP contribution in [0.4, 0.5) is 15.8 Å². The number of hydrogen-bond donors (Lipinski definition) is 2. The third-order valence-corrected chi connectivity index (χ3v) is 7.88. The second-order valence-corrected chi connectivity index (χ2v) is 11.6. The van der Waals surface area contributed by atoms with Crippen LogP contribution in [0.2, 0.25) is 0 Å². The maximum absolute atomic E-state index is 14.2. The zero-order valence-corrected chi connectivity index (χ0v) is 27.1. The van der Waals surface area contributed by atoms with E-state index in [2.05, 4.69) is 39.3 Å². The summed E-state index contributed by atoms with van der Waals surface area (Å²) in [6.45, 7) is 6.13. The minimum Gasteiger partial charge on any atom is -0.484 e. The molecule has 0 atom stereocenters. The molecule has 2 aromatic heterocycles. The number of ether oxygens (including phenoxy) is 3. The Hall–Kier alpha value is -5.48. The van der Waals surface area contributed by atoms with E-state index in [1.807, 2.05) is 10.6 Å². The van der Waals surface area contributed by atoms with E-state index in [1.165, 1.54) is 19.2 Å². The first kappa shape index (κ1) is 33.9. The van der Waals surface area contributed by atoms with Gasteiger partial charge in [0.05, 0.1) is 66.5 Å². The molecule has 4 aromatic rings. The predicted octanol–water partition coefficient (Wildman–Crippen LogP) is 5.33. The number of methoxy groups -OCH3 is 1. The minimum absolute atomic E-state index is 0.0406. The number of carbonyl (C=O) groups excluding carboxylic acids is 2. The summed E-state index contributed by atoms with van der Waals surface area (Å²) < 4.78 is 32.8. The molecule has 1 saturated heterocycles. The first-order valence-corrected chi connectivity index (χ1v) is 15.7. The van der Waals surface area contributed by atoms with Gasteiger partial charge in [-0.25, -0.2) is 19.2 Å². The van der Waals surface area contributed by atoms with Crippen molar-refractivity contribution in [2.24, 2.45) is 0 Å². The Labute approximate surface area is 278 Å². The van der Waals surface area contributed by atoms with Gasteiger partial charge in [0.15, 0.2) is 11.6 Å². The van der Waals surface area contributed by atoms with Crippen molar-refractivity contribution in [1.29, 1.82) is 5.26 Å².